The van der Waals surface area contributed by atoms with Crippen molar-refractivity contribution in [2.75, 3.05) is 11.9 Å². The number of amides is 2. The van der Waals surface area contributed by atoms with Gasteiger partial charge in [0.1, 0.15) is 11.5 Å². The quantitative estimate of drug-likeness (QED) is 0.592. The van der Waals surface area contributed by atoms with Crippen molar-refractivity contribution in [1.82, 2.24) is 5.32 Å². The Kier molecular flexibility index (Phi) is 7.68. The molecule has 4 nitrogen and oxygen atoms in total. The van der Waals surface area contributed by atoms with Crippen molar-refractivity contribution in [3.05, 3.63) is 54.6 Å². The summed E-state index contributed by atoms with van der Waals surface area (Å²) in [5.41, 5.74) is 0.749. The van der Waals surface area contributed by atoms with E-state index in [0.29, 0.717) is 6.54 Å². The van der Waals surface area contributed by atoms with Gasteiger partial charge in [0.15, 0.2) is 0 Å². The van der Waals surface area contributed by atoms with Crippen LogP contribution in [0.5, 0.6) is 11.5 Å². The zero-order valence-corrected chi connectivity index (χ0v) is 14.3. The van der Waals surface area contributed by atoms with Crippen molar-refractivity contribution in [2.45, 2.75) is 39.0 Å². The molecular weight excluding hydrogens is 300 g/mol. The van der Waals surface area contributed by atoms with E-state index in [-0.39, 0.29) is 6.03 Å². The van der Waals surface area contributed by atoms with E-state index in [1.54, 1.807) is 0 Å². The number of ether oxygens (including phenoxy) is 1. The number of nitrogens with one attached hydrogen (secondary N) is 2. The standard InChI is InChI=1S/C20H26N2O2/c1-2-3-4-5-9-16-21-20(23)22-17-12-14-19(15-13-17)24-18-10-7-6-8-11-18/h6-8,10-15H,2-5,9,16H2,1H3,(H2,21,22,23). The average molecular weight is 326 g/mol. The van der Waals surface area contributed by atoms with Crippen molar-refractivity contribution in [3.8, 4) is 11.5 Å². The molecule has 0 aliphatic rings. The highest BCUT2D eigenvalue weighted by molar-refractivity contribution is 5.89. The number of unbranched alkanes of at least 4 members (excludes halogenated alkanes) is 4. The summed E-state index contributed by atoms with van der Waals surface area (Å²) in [6, 6.07) is 16.8. The largest absolute Gasteiger partial charge is 0.457 e. The second-order valence-electron chi connectivity index (χ2n) is 5.73. The summed E-state index contributed by atoms with van der Waals surface area (Å²) in [7, 11) is 0. The van der Waals surface area contributed by atoms with Crippen molar-refractivity contribution in [2.24, 2.45) is 0 Å². The Balaban J connectivity index is 1.70. The Labute approximate surface area is 144 Å². The molecule has 0 aliphatic carbocycles. The van der Waals surface area contributed by atoms with Crippen molar-refractivity contribution >= 4 is 11.7 Å². The molecule has 4 heteroatoms. The maximum Gasteiger partial charge on any atom is 0.319 e. The second kappa shape index (κ2) is 10.3. The van der Waals surface area contributed by atoms with E-state index >= 15 is 0 Å². The topological polar surface area (TPSA) is 50.4 Å². The summed E-state index contributed by atoms with van der Waals surface area (Å²) in [6.45, 7) is 2.91. The van der Waals surface area contributed by atoms with E-state index in [1.165, 1.54) is 25.7 Å². The van der Waals surface area contributed by atoms with Crippen LogP contribution in [-0.4, -0.2) is 12.6 Å². The molecule has 2 amide bonds. The predicted octanol–water partition coefficient (Wildman–Crippen LogP) is 5.57. The highest BCUT2D eigenvalue weighted by atomic mass is 16.5. The van der Waals surface area contributed by atoms with E-state index in [0.717, 1.165) is 23.6 Å². The molecule has 0 aliphatic heterocycles. The van der Waals surface area contributed by atoms with Gasteiger partial charge in [-0.05, 0) is 42.8 Å². The molecule has 0 atom stereocenters. The molecule has 0 aromatic heterocycles. The summed E-state index contributed by atoms with van der Waals surface area (Å²) >= 11 is 0. The normalized spacial score (nSPS) is 10.2. The summed E-state index contributed by atoms with van der Waals surface area (Å²) in [5, 5.41) is 5.71. The van der Waals surface area contributed by atoms with Gasteiger partial charge in [0.2, 0.25) is 0 Å². The van der Waals surface area contributed by atoms with Crippen LogP contribution in [0.15, 0.2) is 54.6 Å². The van der Waals surface area contributed by atoms with E-state index in [9.17, 15) is 4.79 Å². The lowest BCUT2D eigenvalue weighted by molar-refractivity contribution is 0.252. The summed E-state index contributed by atoms with van der Waals surface area (Å²) in [5.74, 6) is 1.53. The van der Waals surface area contributed by atoms with Crippen LogP contribution in [0.4, 0.5) is 10.5 Å². The minimum absolute atomic E-state index is 0.165. The predicted molar refractivity (Wildman–Crippen MR) is 98.7 cm³/mol. The van der Waals surface area contributed by atoms with Gasteiger partial charge < -0.3 is 15.4 Å². The molecule has 0 heterocycles. The van der Waals surface area contributed by atoms with Gasteiger partial charge in [-0.1, -0.05) is 50.8 Å². The lowest BCUT2D eigenvalue weighted by Crippen LogP contribution is -2.29. The lowest BCUT2D eigenvalue weighted by Gasteiger charge is -2.09. The first-order chi connectivity index (χ1) is 11.8. The first kappa shape index (κ1) is 17.9. The zero-order chi connectivity index (χ0) is 17.0. The molecule has 2 N–H and O–H groups in total. The fourth-order valence-electron chi connectivity index (χ4n) is 2.34. The van der Waals surface area contributed by atoms with Gasteiger partial charge in [-0.3, -0.25) is 0 Å². The van der Waals surface area contributed by atoms with Gasteiger partial charge in [-0.25, -0.2) is 4.79 Å². The van der Waals surface area contributed by atoms with Gasteiger partial charge in [0.25, 0.3) is 0 Å². The molecule has 2 aromatic rings. The minimum atomic E-state index is -0.165. The number of hydrogen-bond acceptors (Lipinski definition) is 2. The van der Waals surface area contributed by atoms with Gasteiger partial charge >= 0.3 is 6.03 Å². The number of rotatable bonds is 9. The van der Waals surface area contributed by atoms with Crippen LogP contribution in [0.2, 0.25) is 0 Å². The van der Waals surface area contributed by atoms with Crippen LogP contribution in [-0.2, 0) is 0 Å². The number of benzene rings is 2. The summed E-state index contributed by atoms with van der Waals surface area (Å²) in [4.78, 5) is 11.8. The highest BCUT2D eigenvalue weighted by Crippen LogP contribution is 2.22. The molecule has 0 unspecified atom stereocenters. The molecular formula is C20H26N2O2. The van der Waals surface area contributed by atoms with Gasteiger partial charge in [-0.15, -0.1) is 0 Å². The first-order valence-corrected chi connectivity index (χ1v) is 8.66. The summed E-state index contributed by atoms with van der Waals surface area (Å²) in [6.07, 6.45) is 5.93. The second-order valence-corrected chi connectivity index (χ2v) is 5.73. The van der Waals surface area contributed by atoms with Crippen molar-refractivity contribution in [3.63, 3.8) is 0 Å². The first-order valence-electron chi connectivity index (χ1n) is 8.66. The Morgan fingerprint density at radius 3 is 2.25 bits per heavy atom. The molecule has 2 aromatic carbocycles. The lowest BCUT2D eigenvalue weighted by atomic mass is 10.1. The van der Waals surface area contributed by atoms with Crippen LogP contribution in [0.3, 0.4) is 0 Å². The zero-order valence-electron chi connectivity index (χ0n) is 14.3. The van der Waals surface area contributed by atoms with E-state index < -0.39 is 0 Å². The van der Waals surface area contributed by atoms with Gasteiger partial charge in [-0.2, -0.15) is 0 Å². The smallest absolute Gasteiger partial charge is 0.319 e. The third kappa shape index (κ3) is 6.73. The third-order valence-electron chi connectivity index (χ3n) is 3.66. The number of anilines is 1. The monoisotopic (exact) mass is 326 g/mol. The fourth-order valence-corrected chi connectivity index (χ4v) is 2.34. The van der Waals surface area contributed by atoms with E-state index in [4.69, 9.17) is 4.74 Å². The third-order valence-corrected chi connectivity index (χ3v) is 3.66. The molecule has 24 heavy (non-hydrogen) atoms. The maximum atomic E-state index is 11.8. The number of carbonyl (C=O) groups is 1. The molecule has 0 spiro atoms. The SMILES string of the molecule is CCCCCCCNC(=O)Nc1ccc(Oc2ccccc2)cc1. The van der Waals surface area contributed by atoms with Crippen molar-refractivity contribution < 1.29 is 9.53 Å². The molecule has 128 valence electrons. The summed E-state index contributed by atoms with van der Waals surface area (Å²) < 4.78 is 5.72. The number of para-hydroxylation sites is 1. The van der Waals surface area contributed by atoms with Crippen LogP contribution in [0.25, 0.3) is 0 Å². The minimum Gasteiger partial charge on any atom is -0.457 e. The Bertz CT molecular complexity index is 597. The Morgan fingerprint density at radius 1 is 0.875 bits per heavy atom. The number of carbonyl (C=O) groups excluding carboxylic acids is 1. The molecule has 0 saturated carbocycles. The molecule has 0 bridgehead atoms. The van der Waals surface area contributed by atoms with Crippen LogP contribution in [0.1, 0.15) is 39.0 Å². The maximum absolute atomic E-state index is 11.8. The van der Waals surface area contributed by atoms with Crippen LogP contribution in [0, 0.1) is 0 Å². The van der Waals surface area contributed by atoms with E-state index in [2.05, 4.69) is 17.6 Å². The van der Waals surface area contributed by atoms with Crippen molar-refractivity contribution in [1.29, 1.82) is 0 Å². The average Bonchev–Trinajstić information content (AvgIpc) is 2.61. The molecule has 0 radical (unpaired) electrons. The molecule has 2 rings (SSSR count). The van der Waals surface area contributed by atoms with Crippen LogP contribution >= 0.6 is 0 Å². The van der Waals surface area contributed by atoms with Gasteiger partial charge in [0.05, 0.1) is 0 Å². The molecule has 0 saturated heterocycles. The van der Waals surface area contributed by atoms with Gasteiger partial charge in [0, 0.05) is 12.2 Å². The Hall–Kier alpha value is -2.49. The number of urea groups is 1. The van der Waals surface area contributed by atoms with Crippen LogP contribution < -0.4 is 15.4 Å². The Morgan fingerprint density at radius 2 is 1.54 bits per heavy atom. The fraction of sp³-hybridized carbons (Fsp3) is 0.350. The molecule has 0 fully saturated rings. The van der Waals surface area contributed by atoms with E-state index in [1.807, 2.05) is 54.6 Å². The highest BCUT2D eigenvalue weighted by Gasteiger charge is 2.02. The number of hydrogen-bond donors (Lipinski definition) is 2.